The lowest BCUT2D eigenvalue weighted by Gasteiger charge is -2.18. The van der Waals surface area contributed by atoms with Crippen molar-refractivity contribution in [2.24, 2.45) is 0 Å². The second kappa shape index (κ2) is 11.5. The second-order valence-electron chi connectivity index (χ2n) is 11.6. The van der Waals surface area contributed by atoms with Crippen LogP contribution in [0.3, 0.4) is 0 Å². The van der Waals surface area contributed by atoms with Crippen LogP contribution in [-0.4, -0.2) is 9.97 Å². The highest BCUT2D eigenvalue weighted by Gasteiger charge is 2.19. The van der Waals surface area contributed by atoms with Gasteiger partial charge in [-0.25, -0.2) is 9.97 Å². The summed E-state index contributed by atoms with van der Waals surface area (Å²) in [7, 11) is 0. The zero-order chi connectivity index (χ0) is 30.2. The highest BCUT2D eigenvalue weighted by molar-refractivity contribution is 6.13. The molecular formula is C42H36N2. The smallest absolute Gasteiger partial charge is 0.0978 e. The molecule has 0 N–H and O–H groups in total. The van der Waals surface area contributed by atoms with E-state index in [-0.39, 0.29) is 0 Å². The molecule has 0 amide bonds. The van der Waals surface area contributed by atoms with Crippen LogP contribution < -0.4 is 0 Å². The maximum atomic E-state index is 5.50. The Labute approximate surface area is 260 Å². The van der Waals surface area contributed by atoms with Crippen molar-refractivity contribution in [2.75, 3.05) is 0 Å². The zero-order valence-corrected chi connectivity index (χ0v) is 25.9. The molecule has 0 radical (unpaired) electrons. The molecule has 0 unspecified atom stereocenters. The van der Waals surface area contributed by atoms with Crippen LogP contribution in [0.1, 0.15) is 36.1 Å². The largest absolute Gasteiger partial charge is 0.245 e. The quantitative estimate of drug-likeness (QED) is 0.186. The second-order valence-corrected chi connectivity index (χ2v) is 11.6. The molecule has 2 heterocycles. The van der Waals surface area contributed by atoms with Crippen molar-refractivity contribution in [3.63, 3.8) is 0 Å². The average molecular weight is 569 g/mol. The van der Waals surface area contributed by atoms with Crippen molar-refractivity contribution >= 4 is 21.8 Å². The van der Waals surface area contributed by atoms with Crippen LogP contribution in [0.5, 0.6) is 0 Å². The van der Waals surface area contributed by atoms with E-state index in [9.17, 15) is 0 Å². The Balaban J connectivity index is 1.65. The van der Waals surface area contributed by atoms with Crippen molar-refractivity contribution in [2.45, 2.75) is 40.5 Å². The first-order chi connectivity index (χ1) is 21.6. The molecule has 7 aromatic rings. The number of nitrogens with zero attached hydrogens (tertiary/aromatic N) is 2. The highest BCUT2D eigenvalue weighted by Crippen LogP contribution is 2.41. The molecule has 0 fully saturated rings. The van der Waals surface area contributed by atoms with Gasteiger partial charge in [0.25, 0.3) is 0 Å². The number of pyridine rings is 2. The summed E-state index contributed by atoms with van der Waals surface area (Å²) in [6.45, 7) is 8.83. The number of hydrogen-bond donors (Lipinski definition) is 0. The first-order valence-corrected chi connectivity index (χ1v) is 15.6. The molecule has 7 rings (SSSR count). The topological polar surface area (TPSA) is 25.8 Å². The summed E-state index contributed by atoms with van der Waals surface area (Å²) >= 11 is 0. The normalized spacial score (nSPS) is 11.4. The molecular weight excluding hydrogens is 532 g/mol. The standard InChI is InChI=1S/C42H36N2/c1-5-29-21-13-15-27(3)39(29)37-25-35(31-17-9-7-10-18-31)33-23-24-34-36(32-19-11-8-12-20-32)26-38(44-42(34)41(33)43-37)40-28(4)16-14-22-30(40)6-2/h7-26H,5-6H2,1-4H3. The van der Waals surface area contributed by atoms with E-state index < -0.39 is 0 Å². The molecule has 0 atom stereocenters. The first-order valence-electron chi connectivity index (χ1n) is 15.6. The van der Waals surface area contributed by atoms with E-state index in [4.69, 9.17) is 9.97 Å². The van der Waals surface area contributed by atoms with E-state index in [1.54, 1.807) is 0 Å². The number of aryl methyl sites for hydroxylation is 4. The molecule has 0 bridgehead atoms. The maximum Gasteiger partial charge on any atom is 0.0978 e. The van der Waals surface area contributed by atoms with Crippen molar-refractivity contribution in [3.8, 4) is 44.8 Å². The van der Waals surface area contributed by atoms with Crippen LogP contribution in [0.4, 0.5) is 0 Å². The molecule has 2 aromatic heterocycles. The van der Waals surface area contributed by atoms with Crippen molar-refractivity contribution < 1.29 is 0 Å². The Morgan fingerprint density at radius 1 is 0.455 bits per heavy atom. The summed E-state index contributed by atoms with van der Waals surface area (Å²) in [4.78, 5) is 11.0. The summed E-state index contributed by atoms with van der Waals surface area (Å²) in [5.74, 6) is 0. The number of rotatable bonds is 6. The summed E-state index contributed by atoms with van der Waals surface area (Å²) in [5.41, 5.74) is 16.1. The Morgan fingerprint density at radius 3 is 1.25 bits per heavy atom. The molecule has 0 saturated carbocycles. The minimum absolute atomic E-state index is 0.940. The third kappa shape index (κ3) is 4.77. The fourth-order valence-corrected chi connectivity index (χ4v) is 6.72. The van der Waals surface area contributed by atoms with Crippen molar-refractivity contribution in [1.82, 2.24) is 9.97 Å². The summed E-state index contributed by atoms with van der Waals surface area (Å²) < 4.78 is 0. The Morgan fingerprint density at radius 2 is 0.864 bits per heavy atom. The predicted molar refractivity (Wildman–Crippen MR) is 187 cm³/mol. The van der Waals surface area contributed by atoms with Crippen LogP contribution >= 0.6 is 0 Å². The van der Waals surface area contributed by atoms with Gasteiger partial charge in [-0.1, -0.05) is 123 Å². The maximum absolute atomic E-state index is 5.50. The van der Waals surface area contributed by atoms with Gasteiger partial charge in [0.15, 0.2) is 0 Å². The van der Waals surface area contributed by atoms with Gasteiger partial charge in [0.2, 0.25) is 0 Å². The minimum atomic E-state index is 0.940. The minimum Gasteiger partial charge on any atom is -0.245 e. The summed E-state index contributed by atoms with van der Waals surface area (Å²) in [6.07, 6.45) is 1.89. The lowest BCUT2D eigenvalue weighted by molar-refractivity contribution is 1.13. The van der Waals surface area contributed by atoms with Gasteiger partial charge in [-0.3, -0.25) is 0 Å². The molecule has 0 spiro atoms. The van der Waals surface area contributed by atoms with Gasteiger partial charge in [-0.2, -0.15) is 0 Å². The van der Waals surface area contributed by atoms with Crippen LogP contribution in [0.2, 0.25) is 0 Å². The van der Waals surface area contributed by atoms with E-state index >= 15 is 0 Å². The van der Waals surface area contributed by atoms with Crippen LogP contribution in [0, 0.1) is 13.8 Å². The van der Waals surface area contributed by atoms with Gasteiger partial charge in [-0.15, -0.1) is 0 Å². The Kier molecular flexibility index (Phi) is 7.28. The number of fused-ring (bicyclic) bond motifs is 3. The van der Waals surface area contributed by atoms with Gasteiger partial charge < -0.3 is 0 Å². The molecule has 2 nitrogen and oxygen atoms in total. The summed E-state index contributed by atoms with van der Waals surface area (Å²) in [5, 5.41) is 2.23. The third-order valence-electron chi connectivity index (χ3n) is 8.92. The molecule has 0 saturated heterocycles. The van der Waals surface area contributed by atoms with Crippen LogP contribution in [0.25, 0.3) is 66.6 Å². The molecule has 214 valence electrons. The average Bonchev–Trinajstić information content (AvgIpc) is 3.07. The van der Waals surface area contributed by atoms with Gasteiger partial charge >= 0.3 is 0 Å². The SMILES string of the molecule is CCc1cccc(C)c1-c1cc(-c2ccccc2)c2ccc3c(-c4ccccc4)cc(-c4c(C)cccc4CC)nc3c2n1. The fourth-order valence-electron chi connectivity index (χ4n) is 6.72. The Hall–Kier alpha value is -5.08. The Bertz CT molecular complexity index is 1990. The summed E-state index contributed by atoms with van der Waals surface area (Å²) in [6, 6.07) is 43.6. The van der Waals surface area contributed by atoms with Crippen LogP contribution in [-0.2, 0) is 12.8 Å². The van der Waals surface area contributed by atoms with Crippen LogP contribution in [0.15, 0.2) is 121 Å². The molecule has 2 heteroatoms. The van der Waals surface area contributed by atoms with E-state index in [0.717, 1.165) is 46.0 Å². The fraction of sp³-hybridized carbons (Fsp3) is 0.143. The predicted octanol–water partition coefficient (Wildman–Crippen LogP) is 11.2. The van der Waals surface area contributed by atoms with E-state index in [1.165, 1.54) is 55.6 Å². The van der Waals surface area contributed by atoms with E-state index in [1.807, 2.05) is 0 Å². The van der Waals surface area contributed by atoms with Gasteiger partial charge in [0, 0.05) is 21.9 Å². The molecule has 0 aliphatic heterocycles. The zero-order valence-electron chi connectivity index (χ0n) is 25.9. The third-order valence-corrected chi connectivity index (χ3v) is 8.92. The van der Waals surface area contributed by atoms with E-state index in [0.29, 0.717) is 0 Å². The lowest BCUT2D eigenvalue weighted by Crippen LogP contribution is -1.99. The van der Waals surface area contributed by atoms with E-state index in [2.05, 4.69) is 149 Å². The van der Waals surface area contributed by atoms with Crippen molar-refractivity contribution in [3.05, 3.63) is 144 Å². The van der Waals surface area contributed by atoms with Gasteiger partial charge in [0.05, 0.1) is 22.4 Å². The molecule has 0 aliphatic rings. The molecule has 0 aliphatic carbocycles. The highest BCUT2D eigenvalue weighted by atomic mass is 14.8. The lowest BCUT2D eigenvalue weighted by atomic mass is 9.91. The number of aromatic nitrogens is 2. The monoisotopic (exact) mass is 568 g/mol. The molecule has 5 aromatic carbocycles. The number of hydrogen-bond acceptors (Lipinski definition) is 2. The van der Waals surface area contributed by atoms with Gasteiger partial charge in [-0.05, 0) is 83.3 Å². The van der Waals surface area contributed by atoms with Gasteiger partial charge in [0.1, 0.15) is 0 Å². The molecule has 44 heavy (non-hydrogen) atoms. The van der Waals surface area contributed by atoms with Crippen molar-refractivity contribution in [1.29, 1.82) is 0 Å². The number of benzene rings is 5. The first kappa shape index (κ1) is 27.7.